The van der Waals surface area contributed by atoms with E-state index in [1.54, 1.807) is 0 Å². The highest BCUT2D eigenvalue weighted by Crippen LogP contribution is 2.11. The fourth-order valence-electron chi connectivity index (χ4n) is 1.46. The first-order valence-corrected chi connectivity index (χ1v) is 5.57. The van der Waals surface area contributed by atoms with Crippen molar-refractivity contribution in [2.24, 2.45) is 0 Å². The molecule has 0 saturated heterocycles. The third-order valence-corrected chi connectivity index (χ3v) is 2.38. The van der Waals surface area contributed by atoms with Gasteiger partial charge in [0.25, 0.3) is 0 Å². The number of rotatable bonds is 5. The van der Waals surface area contributed by atoms with Crippen molar-refractivity contribution < 1.29 is 9.63 Å². The molecule has 0 aliphatic carbocycles. The van der Waals surface area contributed by atoms with Crippen LogP contribution < -0.4 is 5.32 Å². The van der Waals surface area contributed by atoms with Gasteiger partial charge in [-0.1, -0.05) is 24.2 Å². The Kier molecular flexibility index (Phi) is 3.72. The van der Waals surface area contributed by atoms with E-state index in [1.165, 1.54) is 0 Å². The SMILES string of the molecule is CCc1noc(CNc2cccc(CO)c2)n1. The molecule has 1 aromatic carbocycles. The van der Waals surface area contributed by atoms with Crippen LogP contribution in [0.3, 0.4) is 0 Å². The maximum Gasteiger partial charge on any atom is 0.245 e. The third-order valence-electron chi connectivity index (χ3n) is 2.38. The lowest BCUT2D eigenvalue weighted by atomic mass is 10.2. The standard InChI is InChI=1S/C12H15N3O2/c1-2-11-14-12(17-15-11)7-13-10-5-3-4-9(6-10)8-16/h3-6,13,16H,2,7-8H2,1H3. The second-order valence-corrected chi connectivity index (χ2v) is 3.67. The summed E-state index contributed by atoms with van der Waals surface area (Å²) in [6, 6.07) is 7.57. The third kappa shape index (κ3) is 3.04. The summed E-state index contributed by atoms with van der Waals surface area (Å²) in [6.07, 6.45) is 0.767. The maximum atomic E-state index is 9.01. The quantitative estimate of drug-likeness (QED) is 0.823. The van der Waals surface area contributed by atoms with E-state index >= 15 is 0 Å². The van der Waals surface area contributed by atoms with E-state index < -0.39 is 0 Å². The molecule has 0 amide bonds. The van der Waals surface area contributed by atoms with Crippen molar-refractivity contribution in [2.45, 2.75) is 26.5 Å². The van der Waals surface area contributed by atoms with Crippen molar-refractivity contribution in [3.05, 3.63) is 41.5 Å². The zero-order valence-corrected chi connectivity index (χ0v) is 9.68. The summed E-state index contributed by atoms with van der Waals surface area (Å²) in [6.45, 7) is 2.50. The fraction of sp³-hybridized carbons (Fsp3) is 0.333. The van der Waals surface area contributed by atoms with E-state index in [0.717, 1.165) is 17.7 Å². The van der Waals surface area contributed by atoms with Crippen LogP contribution in [0.1, 0.15) is 24.2 Å². The van der Waals surface area contributed by atoms with Gasteiger partial charge in [0.2, 0.25) is 5.89 Å². The summed E-state index contributed by atoms with van der Waals surface area (Å²) >= 11 is 0. The van der Waals surface area contributed by atoms with Gasteiger partial charge >= 0.3 is 0 Å². The van der Waals surface area contributed by atoms with Crippen molar-refractivity contribution >= 4 is 5.69 Å². The molecule has 0 bridgehead atoms. The first-order valence-electron chi connectivity index (χ1n) is 5.57. The topological polar surface area (TPSA) is 71.2 Å². The lowest BCUT2D eigenvalue weighted by Crippen LogP contribution is -2.00. The van der Waals surface area contributed by atoms with E-state index in [9.17, 15) is 0 Å². The Morgan fingerprint density at radius 2 is 2.29 bits per heavy atom. The molecule has 5 nitrogen and oxygen atoms in total. The molecule has 1 aromatic heterocycles. The summed E-state index contributed by atoms with van der Waals surface area (Å²) in [4.78, 5) is 4.20. The highest BCUT2D eigenvalue weighted by Gasteiger charge is 2.03. The minimum atomic E-state index is 0.0378. The Morgan fingerprint density at radius 3 is 3.00 bits per heavy atom. The van der Waals surface area contributed by atoms with Crippen molar-refractivity contribution in [1.82, 2.24) is 10.1 Å². The van der Waals surface area contributed by atoms with Crippen molar-refractivity contribution in [1.29, 1.82) is 0 Å². The highest BCUT2D eigenvalue weighted by atomic mass is 16.5. The monoisotopic (exact) mass is 233 g/mol. The Hall–Kier alpha value is -1.88. The lowest BCUT2D eigenvalue weighted by Gasteiger charge is -2.04. The Bertz CT molecular complexity index is 482. The van der Waals surface area contributed by atoms with Crippen molar-refractivity contribution in [2.75, 3.05) is 5.32 Å². The first-order chi connectivity index (χ1) is 8.31. The van der Waals surface area contributed by atoms with Gasteiger partial charge in [0.05, 0.1) is 13.2 Å². The van der Waals surface area contributed by atoms with Gasteiger partial charge in [-0.3, -0.25) is 0 Å². The van der Waals surface area contributed by atoms with E-state index in [4.69, 9.17) is 9.63 Å². The zero-order chi connectivity index (χ0) is 12.1. The van der Waals surface area contributed by atoms with E-state index in [0.29, 0.717) is 18.3 Å². The van der Waals surface area contributed by atoms with Gasteiger partial charge in [-0.25, -0.2) is 0 Å². The number of aliphatic hydroxyl groups excluding tert-OH is 1. The van der Waals surface area contributed by atoms with Crippen LogP contribution in [0.2, 0.25) is 0 Å². The van der Waals surface area contributed by atoms with Gasteiger partial charge < -0.3 is 14.9 Å². The molecule has 90 valence electrons. The number of aromatic nitrogens is 2. The molecule has 0 aliphatic heterocycles. The number of nitrogens with one attached hydrogen (secondary N) is 1. The molecule has 1 heterocycles. The molecule has 0 aliphatic rings. The first kappa shape index (κ1) is 11.6. The average molecular weight is 233 g/mol. The van der Waals surface area contributed by atoms with Gasteiger partial charge in [-0.15, -0.1) is 0 Å². The van der Waals surface area contributed by atoms with Gasteiger partial charge in [0.1, 0.15) is 0 Å². The van der Waals surface area contributed by atoms with Crippen LogP contribution >= 0.6 is 0 Å². The minimum absolute atomic E-state index is 0.0378. The number of benzene rings is 1. The van der Waals surface area contributed by atoms with Crippen LogP contribution in [0.25, 0.3) is 0 Å². The van der Waals surface area contributed by atoms with E-state index in [2.05, 4.69) is 15.5 Å². The second kappa shape index (κ2) is 5.45. The Labute approximate surface area is 99.5 Å². The second-order valence-electron chi connectivity index (χ2n) is 3.67. The van der Waals surface area contributed by atoms with Crippen molar-refractivity contribution in [3.8, 4) is 0 Å². The number of aryl methyl sites for hydroxylation is 1. The highest BCUT2D eigenvalue weighted by molar-refractivity contribution is 5.45. The molecule has 0 spiro atoms. The largest absolute Gasteiger partial charge is 0.392 e. The normalized spacial score (nSPS) is 10.5. The predicted octanol–water partition coefficient (Wildman–Crippen LogP) is 1.74. The molecular formula is C12H15N3O2. The van der Waals surface area contributed by atoms with Gasteiger partial charge in [0.15, 0.2) is 5.82 Å². The van der Waals surface area contributed by atoms with Crippen LogP contribution in [0.5, 0.6) is 0 Å². The molecule has 0 atom stereocenters. The molecule has 0 saturated carbocycles. The summed E-state index contributed by atoms with van der Waals surface area (Å²) in [5.74, 6) is 1.28. The van der Waals surface area contributed by atoms with Crippen molar-refractivity contribution in [3.63, 3.8) is 0 Å². The predicted molar refractivity (Wildman–Crippen MR) is 63.4 cm³/mol. The molecular weight excluding hydrogens is 218 g/mol. The van der Waals surface area contributed by atoms with Crippen LogP contribution in [0.4, 0.5) is 5.69 Å². The molecule has 0 unspecified atom stereocenters. The average Bonchev–Trinajstić information content (AvgIpc) is 2.84. The summed E-state index contributed by atoms with van der Waals surface area (Å²) in [5.41, 5.74) is 1.79. The number of hydrogen-bond donors (Lipinski definition) is 2. The molecule has 2 aromatic rings. The summed E-state index contributed by atoms with van der Waals surface area (Å²) in [5, 5.41) is 16.0. The smallest absolute Gasteiger partial charge is 0.245 e. The number of hydrogen-bond acceptors (Lipinski definition) is 5. The van der Waals surface area contributed by atoms with Gasteiger partial charge in [0, 0.05) is 12.1 Å². The zero-order valence-electron chi connectivity index (χ0n) is 9.68. The lowest BCUT2D eigenvalue weighted by molar-refractivity contribution is 0.282. The molecule has 2 N–H and O–H groups in total. The van der Waals surface area contributed by atoms with Crippen LogP contribution in [-0.4, -0.2) is 15.2 Å². The van der Waals surface area contributed by atoms with Gasteiger partial charge in [-0.2, -0.15) is 4.98 Å². The van der Waals surface area contributed by atoms with Gasteiger partial charge in [-0.05, 0) is 17.7 Å². The minimum Gasteiger partial charge on any atom is -0.392 e. The van der Waals surface area contributed by atoms with E-state index in [-0.39, 0.29) is 6.61 Å². The Balaban J connectivity index is 1.96. The summed E-state index contributed by atoms with van der Waals surface area (Å²) < 4.78 is 5.06. The van der Waals surface area contributed by atoms with Crippen LogP contribution in [-0.2, 0) is 19.6 Å². The summed E-state index contributed by atoms with van der Waals surface area (Å²) in [7, 11) is 0. The number of nitrogens with zero attached hydrogens (tertiary/aromatic N) is 2. The maximum absolute atomic E-state index is 9.01. The number of anilines is 1. The van der Waals surface area contributed by atoms with Crippen LogP contribution in [0.15, 0.2) is 28.8 Å². The molecule has 2 rings (SSSR count). The molecule has 0 fully saturated rings. The van der Waals surface area contributed by atoms with Crippen LogP contribution in [0, 0.1) is 0 Å². The molecule has 0 radical (unpaired) electrons. The molecule has 17 heavy (non-hydrogen) atoms. The fourth-order valence-corrected chi connectivity index (χ4v) is 1.46. The van der Waals surface area contributed by atoms with E-state index in [1.807, 2.05) is 31.2 Å². The molecule has 5 heteroatoms. The number of aliphatic hydroxyl groups is 1. The Morgan fingerprint density at radius 1 is 1.41 bits per heavy atom.